The van der Waals surface area contributed by atoms with Gasteiger partial charge in [0, 0.05) is 10.6 Å². The molecule has 2 rings (SSSR count). The molecule has 1 fully saturated rings. The van der Waals surface area contributed by atoms with Crippen LogP contribution in [0, 0.1) is 0 Å². The summed E-state index contributed by atoms with van der Waals surface area (Å²) < 4.78 is 4.69. The largest absolute Gasteiger partial charge is 0.447 e. The molecule has 5 nitrogen and oxygen atoms in total. The van der Waals surface area contributed by atoms with Crippen molar-refractivity contribution in [2.45, 2.75) is 4.90 Å². The molecule has 1 aliphatic rings. The van der Waals surface area contributed by atoms with Crippen LogP contribution >= 0.6 is 11.8 Å². The zero-order chi connectivity index (χ0) is 12.3. The molecule has 2 N–H and O–H groups in total. The van der Waals surface area contributed by atoms with E-state index in [9.17, 15) is 9.59 Å². The lowest BCUT2D eigenvalue weighted by Gasteiger charge is -2.10. The Kier molecular flexibility index (Phi) is 3.53. The minimum Gasteiger partial charge on any atom is -0.447 e. The Labute approximate surface area is 103 Å². The minimum atomic E-state index is -0.559. The highest BCUT2D eigenvalue weighted by atomic mass is 32.2. The Morgan fingerprint density at radius 3 is 2.88 bits per heavy atom. The smallest absolute Gasteiger partial charge is 0.416 e. The summed E-state index contributed by atoms with van der Waals surface area (Å²) in [5.41, 5.74) is 6.38. The number of ether oxygens (including phenoxy) is 1. The second-order valence-corrected chi connectivity index (χ2v) is 4.50. The minimum absolute atomic E-state index is 0.184. The third-order valence-electron chi connectivity index (χ3n) is 2.33. The van der Waals surface area contributed by atoms with E-state index in [0.29, 0.717) is 12.2 Å². The van der Waals surface area contributed by atoms with Crippen molar-refractivity contribution in [1.82, 2.24) is 4.90 Å². The maximum absolute atomic E-state index is 11.7. The van der Waals surface area contributed by atoms with Crippen molar-refractivity contribution in [1.29, 1.82) is 0 Å². The van der Waals surface area contributed by atoms with E-state index in [1.165, 1.54) is 11.8 Å². The van der Waals surface area contributed by atoms with Crippen LogP contribution in [0.2, 0.25) is 0 Å². The van der Waals surface area contributed by atoms with Crippen LogP contribution in [-0.2, 0) is 9.53 Å². The van der Waals surface area contributed by atoms with Crippen molar-refractivity contribution in [2.24, 2.45) is 0 Å². The van der Waals surface area contributed by atoms with E-state index in [1.807, 2.05) is 18.2 Å². The van der Waals surface area contributed by atoms with E-state index in [-0.39, 0.29) is 18.3 Å². The van der Waals surface area contributed by atoms with Crippen molar-refractivity contribution < 1.29 is 14.3 Å². The number of nitrogens with zero attached hydrogens (tertiary/aromatic N) is 1. The van der Waals surface area contributed by atoms with Gasteiger partial charge >= 0.3 is 6.09 Å². The molecule has 0 radical (unpaired) electrons. The first-order valence-electron chi connectivity index (χ1n) is 5.13. The lowest BCUT2D eigenvalue weighted by Crippen LogP contribution is -2.32. The molecule has 0 unspecified atom stereocenters. The number of nitrogens with two attached hydrogens (primary N) is 1. The highest BCUT2D eigenvalue weighted by molar-refractivity contribution is 8.00. The van der Waals surface area contributed by atoms with E-state index < -0.39 is 6.09 Å². The lowest BCUT2D eigenvalue weighted by molar-refractivity contribution is -0.124. The zero-order valence-electron chi connectivity index (χ0n) is 9.09. The van der Waals surface area contributed by atoms with E-state index in [4.69, 9.17) is 10.5 Å². The van der Waals surface area contributed by atoms with E-state index in [0.717, 1.165) is 9.80 Å². The Bertz CT molecular complexity index is 450. The van der Waals surface area contributed by atoms with Crippen LogP contribution < -0.4 is 5.73 Å². The first-order chi connectivity index (χ1) is 8.18. The van der Waals surface area contributed by atoms with E-state index >= 15 is 0 Å². The number of carbonyl (C=O) groups is 2. The van der Waals surface area contributed by atoms with Crippen LogP contribution in [0.4, 0.5) is 10.5 Å². The summed E-state index contributed by atoms with van der Waals surface area (Å²) >= 11 is 1.32. The molecule has 0 spiro atoms. The maximum atomic E-state index is 11.7. The molecule has 2 amide bonds. The van der Waals surface area contributed by atoms with Crippen molar-refractivity contribution >= 4 is 29.4 Å². The molecule has 1 aromatic rings. The molecule has 6 heteroatoms. The van der Waals surface area contributed by atoms with E-state index in [1.54, 1.807) is 6.07 Å². The molecular weight excluding hydrogens is 240 g/mol. The standard InChI is InChI=1S/C11H12N2O3S/c12-8-3-1-2-4-9(8)17-7-10(14)13-5-6-16-11(13)15/h1-4H,5-7,12H2. The number of hydrogen-bond donors (Lipinski definition) is 1. The van der Waals surface area contributed by atoms with Crippen molar-refractivity contribution in [3.8, 4) is 0 Å². The first kappa shape index (κ1) is 11.8. The van der Waals surface area contributed by atoms with Crippen LogP contribution in [-0.4, -0.2) is 35.8 Å². The predicted octanol–water partition coefficient (Wildman–Crippen LogP) is 1.34. The van der Waals surface area contributed by atoms with Crippen LogP contribution in [0.15, 0.2) is 29.2 Å². The number of benzene rings is 1. The fourth-order valence-electron chi connectivity index (χ4n) is 1.45. The van der Waals surface area contributed by atoms with Crippen molar-refractivity contribution in [3.05, 3.63) is 24.3 Å². The van der Waals surface area contributed by atoms with Gasteiger partial charge in [-0.2, -0.15) is 0 Å². The number of carbonyl (C=O) groups excluding carboxylic acids is 2. The van der Waals surface area contributed by atoms with Crippen LogP contribution in [0.3, 0.4) is 0 Å². The van der Waals surface area contributed by atoms with Crippen LogP contribution in [0.1, 0.15) is 0 Å². The molecule has 0 aromatic heterocycles. The van der Waals surface area contributed by atoms with Gasteiger partial charge in [0.25, 0.3) is 0 Å². The predicted molar refractivity (Wildman–Crippen MR) is 64.6 cm³/mol. The molecule has 1 saturated heterocycles. The summed E-state index contributed by atoms with van der Waals surface area (Å²) in [7, 11) is 0. The first-order valence-corrected chi connectivity index (χ1v) is 6.11. The van der Waals surface area contributed by atoms with Gasteiger partial charge in [-0.05, 0) is 12.1 Å². The Morgan fingerprint density at radius 1 is 1.47 bits per heavy atom. The lowest BCUT2D eigenvalue weighted by atomic mass is 10.3. The molecule has 90 valence electrons. The molecule has 1 aromatic carbocycles. The average molecular weight is 252 g/mol. The fraction of sp³-hybridized carbons (Fsp3) is 0.273. The summed E-state index contributed by atoms with van der Waals surface area (Å²) in [6.45, 7) is 0.616. The number of para-hydroxylation sites is 1. The average Bonchev–Trinajstić information content (AvgIpc) is 2.74. The molecule has 0 aliphatic carbocycles. The Balaban J connectivity index is 1.92. The van der Waals surface area contributed by atoms with Gasteiger partial charge in [0.15, 0.2) is 0 Å². The number of thioether (sulfide) groups is 1. The van der Waals surface area contributed by atoms with Crippen molar-refractivity contribution in [2.75, 3.05) is 24.6 Å². The van der Waals surface area contributed by atoms with Gasteiger partial charge in [-0.1, -0.05) is 12.1 Å². The second kappa shape index (κ2) is 5.09. The topological polar surface area (TPSA) is 72.6 Å². The Morgan fingerprint density at radius 2 is 2.24 bits per heavy atom. The summed E-state index contributed by atoms with van der Waals surface area (Å²) in [5, 5.41) is 0. The molecule has 1 aliphatic heterocycles. The van der Waals surface area contributed by atoms with Crippen LogP contribution in [0.5, 0.6) is 0 Å². The third kappa shape index (κ3) is 2.71. The number of amides is 2. The quantitative estimate of drug-likeness (QED) is 0.649. The monoisotopic (exact) mass is 252 g/mol. The highest BCUT2D eigenvalue weighted by Gasteiger charge is 2.28. The normalized spacial score (nSPS) is 14.8. The molecular formula is C11H12N2O3S. The number of nitrogen functional groups attached to an aromatic ring is 1. The molecule has 0 saturated carbocycles. The van der Waals surface area contributed by atoms with Gasteiger partial charge in [0.1, 0.15) is 6.61 Å². The van der Waals surface area contributed by atoms with Gasteiger partial charge in [0.2, 0.25) is 5.91 Å². The fourth-order valence-corrected chi connectivity index (χ4v) is 2.29. The molecule has 0 atom stereocenters. The second-order valence-electron chi connectivity index (χ2n) is 3.49. The maximum Gasteiger partial charge on any atom is 0.416 e. The van der Waals surface area contributed by atoms with Gasteiger partial charge in [-0.25, -0.2) is 9.69 Å². The van der Waals surface area contributed by atoms with Crippen molar-refractivity contribution in [3.63, 3.8) is 0 Å². The van der Waals surface area contributed by atoms with Gasteiger partial charge in [-0.3, -0.25) is 4.79 Å². The third-order valence-corrected chi connectivity index (χ3v) is 3.41. The van der Waals surface area contributed by atoms with Gasteiger partial charge < -0.3 is 10.5 Å². The molecule has 1 heterocycles. The van der Waals surface area contributed by atoms with Gasteiger partial charge in [-0.15, -0.1) is 11.8 Å². The number of anilines is 1. The number of imide groups is 1. The van der Waals surface area contributed by atoms with Gasteiger partial charge in [0.05, 0.1) is 12.3 Å². The highest BCUT2D eigenvalue weighted by Crippen LogP contribution is 2.24. The number of hydrogen-bond acceptors (Lipinski definition) is 5. The SMILES string of the molecule is Nc1ccccc1SCC(=O)N1CCOC1=O. The Hall–Kier alpha value is -1.69. The van der Waals surface area contributed by atoms with Crippen LogP contribution in [0.25, 0.3) is 0 Å². The zero-order valence-corrected chi connectivity index (χ0v) is 9.90. The number of rotatable bonds is 3. The summed E-state index contributed by atoms with van der Waals surface area (Å²) in [6, 6.07) is 7.30. The molecule has 17 heavy (non-hydrogen) atoms. The molecule has 0 bridgehead atoms. The summed E-state index contributed by atoms with van der Waals surface area (Å²) in [4.78, 5) is 24.8. The van der Waals surface area contributed by atoms with E-state index in [2.05, 4.69) is 0 Å². The summed E-state index contributed by atoms with van der Waals surface area (Å²) in [6.07, 6.45) is -0.559. The number of cyclic esters (lactones) is 1. The summed E-state index contributed by atoms with van der Waals surface area (Å²) in [5.74, 6) is -0.0655.